The molecule has 0 aliphatic rings. The molecule has 21 heavy (non-hydrogen) atoms. The third kappa shape index (κ3) is 4.49. The summed E-state index contributed by atoms with van der Waals surface area (Å²) in [5.41, 5.74) is 0.219. The van der Waals surface area contributed by atoms with Gasteiger partial charge in [-0.2, -0.15) is 0 Å². The van der Waals surface area contributed by atoms with Crippen LogP contribution in [0.15, 0.2) is 35.8 Å². The lowest BCUT2D eigenvalue weighted by Crippen LogP contribution is -2.31. The molecule has 0 aliphatic carbocycles. The average Bonchev–Trinajstić information content (AvgIpc) is 2.99. The first-order valence-corrected chi connectivity index (χ1v) is 7.26. The Balaban J connectivity index is 1.86. The van der Waals surface area contributed by atoms with Crippen LogP contribution in [0.4, 0.5) is 19.3 Å². The highest BCUT2D eigenvalue weighted by molar-refractivity contribution is 7.09. The molecule has 2 rings (SSSR count). The predicted molar refractivity (Wildman–Crippen MR) is 78.9 cm³/mol. The SMILES string of the molecule is C[C@H](CNC(=O)Nc1cccc(C(F)F)c1)c1nccs1. The number of nitrogens with one attached hydrogen (secondary N) is 2. The molecule has 1 heterocycles. The van der Waals surface area contributed by atoms with E-state index in [1.165, 1.54) is 29.5 Å². The molecule has 0 unspecified atom stereocenters. The van der Waals surface area contributed by atoms with Crippen LogP contribution >= 0.6 is 11.3 Å². The minimum Gasteiger partial charge on any atom is -0.337 e. The number of amides is 2. The Kier molecular flexibility index (Phi) is 5.21. The maximum atomic E-state index is 12.6. The summed E-state index contributed by atoms with van der Waals surface area (Å²) in [6, 6.07) is 5.20. The van der Waals surface area contributed by atoms with Gasteiger partial charge in [-0.05, 0) is 12.1 Å². The van der Waals surface area contributed by atoms with Gasteiger partial charge in [0.25, 0.3) is 6.43 Å². The number of rotatable bonds is 5. The van der Waals surface area contributed by atoms with E-state index in [9.17, 15) is 13.6 Å². The molecular weight excluding hydrogens is 296 g/mol. The summed E-state index contributed by atoms with van der Waals surface area (Å²) >= 11 is 1.53. The van der Waals surface area contributed by atoms with E-state index in [1.54, 1.807) is 12.3 Å². The summed E-state index contributed by atoms with van der Waals surface area (Å²) in [7, 11) is 0. The maximum absolute atomic E-state index is 12.6. The quantitative estimate of drug-likeness (QED) is 0.876. The van der Waals surface area contributed by atoms with E-state index in [-0.39, 0.29) is 11.5 Å². The largest absolute Gasteiger partial charge is 0.337 e. The molecule has 0 saturated carbocycles. The molecule has 0 spiro atoms. The molecule has 2 aromatic rings. The topological polar surface area (TPSA) is 54.0 Å². The summed E-state index contributed by atoms with van der Waals surface area (Å²) in [5.74, 6) is 0.100. The van der Waals surface area contributed by atoms with Gasteiger partial charge in [-0.15, -0.1) is 11.3 Å². The number of halogens is 2. The van der Waals surface area contributed by atoms with Gasteiger partial charge in [0.05, 0.1) is 5.01 Å². The molecule has 7 heteroatoms. The van der Waals surface area contributed by atoms with Crippen molar-refractivity contribution >= 4 is 23.1 Å². The van der Waals surface area contributed by atoms with Gasteiger partial charge in [-0.3, -0.25) is 0 Å². The van der Waals surface area contributed by atoms with Gasteiger partial charge in [0.2, 0.25) is 0 Å². The normalized spacial score (nSPS) is 12.2. The number of carbonyl (C=O) groups is 1. The minimum absolute atomic E-state index is 0.100. The van der Waals surface area contributed by atoms with Crippen LogP contribution in [0, 0.1) is 0 Å². The molecule has 0 aliphatic heterocycles. The van der Waals surface area contributed by atoms with Crippen LogP contribution in [0.25, 0.3) is 0 Å². The second kappa shape index (κ2) is 7.12. The Labute approximate surface area is 125 Å². The Morgan fingerprint density at radius 3 is 2.90 bits per heavy atom. The van der Waals surface area contributed by atoms with E-state index in [0.29, 0.717) is 12.2 Å². The minimum atomic E-state index is -2.56. The van der Waals surface area contributed by atoms with Crippen LogP contribution in [0.5, 0.6) is 0 Å². The highest BCUT2D eigenvalue weighted by Crippen LogP contribution is 2.21. The number of urea groups is 1. The van der Waals surface area contributed by atoms with E-state index >= 15 is 0 Å². The first-order chi connectivity index (χ1) is 10.1. The number of hydrogen-bond acceptors (Lipinski definition) is 3. The average molecular weight is 311 g/mol. The van der Waals surface area contributed by atoms with Gasteiger partial charge in [0.15, 0.2) is 0 Å². The van der Waals surface area contributed by atoms with Crippen molar-refractivity contribution in [3.05, 3.63) is 46.4 Å². The second-order valence-corrected chi connectivity index (χ2v) is 5.46. The number of benzene rings is 1. The molecule has 1 atom stereocenters. The van der Waals surface area contributed by atoms with E-state index in [0.717, 1.165) is 5.01 Å². The lowest BCUT2D eigenvalue weighted by Gasteiger charge is -2.11. The zero-order chi connectivity index (χ0) is 15.2. The third-order valence-corrected chi connectivity index (χ3v) is 3.85. The Morgan fingerprint density at radius 2 is 2.24 bits per heavy atom. The van der Waals surface area contributed by atoms with Crippen molar-refractivity contribution in [3.63, 3.8) is 0 Å². The first-order valence-electron chi connectivity index (χ1n) is 6.38. The first kappa shape index (κ1) is 15.4. The predicted octanol–water partition coefficient (Wildman–Crippen LogP) is 4.01. The van der Waals surface area contributed by atoms with Crippen LogP contribution in [0.3, 0.4) is 0 Å². The fourth-order valence-electron chi connectivity index (χ4n) is 1.74. The van der Waals surface area contributed by atoms with Crippen LogP contribution in [0.1, 0.15) is 29.8 Å². The van der Waals surface area contributed by atoms with Crippen molar-refractivity contribution in [3.8, 4) is 0 Å². The van der Waals surface area contributed by atoms with E-state index in [1.807, 2.05) is 12.3 Å². The van der Waals surface area contributed by atoms with Gasteiger partial charge in [-0.25, -0.2) is 18.6 Å². The van der Waals surface area contributed by atoms with E-state index < -0.39 is 12.5 Å². The lowest BCUT2D eigenvalue weighted by molar-refractivity contribution is 0.151. The second-order valence-electron chi connectivity index (χ2n) is 4.53. The van der Waals surface area contributed by atoms with Gasteiger partial charge < -0.3 is 10.6 Å². The number of anilines is 1. The number of hydrogen-bond donors (Lipinski definition) is 2. The molecule has 0 saturated heterocycles. The summed E-state index contributed by atoms with van der Waals surface area (Å²) in [6.45, 7) is 2.38. The standard InChI is InChI=1S/C14H15F2N3OS/c1-9(13-17-5-6-21-13)8-18-14(20)19-11-4-2-3-10(7-11)12(15)16/h2-7,9,12H,8H2,1H3,(H2,18,19,20)/t9-/m1/s1. The van der Waals surface area contributed by atoms with Crippen LogP contribution in [0.2, 0.25) is 0 Å². The van der Waals surface area contributed by atoms with Gasteiger partial charge >= 0.3 is 6.03 Å². The molecule has 4 nitrogen and oxygen atoms in total. The van der Waals surface area contributed by atoms with Crippen molar-refractivity contribution in [2.75, 3.05) is 11.9 Å². The molecule has 2 N–H and O–H groups in total. The van der Waals surface area contributed by atoms with Crippen molar-refractivity contribution in [2.24, 2.45) is 0 Å². The summed E-state index contributed by atoms with van der Waals surface area (Å²) < 4.78 is 25.1. The molecule has 1 aromatic carbocycles. The third-order valence-electron chi connectivity index (χ3n) is 2.84. The van der Waals surface area contributed by atoms with Crippen molar-refractivity contribution in [1.82, 2.24) is 10.3 Å². The van der Waals surface area contributed by atoms with Crippen LogP contribution in [-0.2, 0) is 0 Å². The van der Waals surface area contributed by atoms with E-state index in [2.05, 4.69) is 15.6 Å². The number of alkyl halides is 2. The highest BCUT2D eigenvalue weighted by Gasteiger charge is 2.11. The number of thiazole rings is 1. The lowest BCUT2D eigenvalue weighted by atomic mass is 10.2. The fraction of sp³-hybridized carbons (Fsp3) is 0.286. The Morgan fingerprint density at radius 1 is 1.43 bits per heavy atom. The zero-order valence-corrected chi connectivity index (χ0v) is 12.2. The monoisotopic (exact) mass is 311 g/mol. The summed E-state index contributed by atoms with van der Waals surface area (Å²) in [4.78, 5) is 15.9. The van der Waals surface area contributed by atoms with Crippen LogP contribution < -0.4 is 10.6 Å². The van der Waals surface area contributed by atoms with Crippen LogP contribution in [-0.4, -0.2) is 17.6 Å². The maximum Gasteiger partial charge on any atom is 0.319 e. The van der Waals surface area contributed by atoms with Gasteiger partial charge in [-0.1, -0.05) is 19.1 Å². The van der Waals surface area contributed by atoms with Gasteiger partial charge in [0.1, 0.15) is 0 Å². The zero-order valence-electron chi connectivity index (χ0n) is 11.3. The van der Waals surface area contributed by atoms with Gasteiger partial charge in [0, 0.05) is 35.3 Å². The molecule has 1 aromatic heterocycles. The Bertz CT molecular complexity index is 590. The van der Waals surface area contributed by atoms with Crippen molar-refractivity contribution in [2.45, 2.75) is 19.3 Å². The summed E-state index contributed by atoms with van der Waals surface area (Å²) in [6.07, 6.45) is -0.841. The fourth-order valence-corrected chi connectivity index (χ4v) is 2.44. The molecule has 112 valence electrons. The van der Waals surface area contributed by atoms with Crippen molar-refractivity contribution in [1.29, 1.82) is 0 Å². The molecule has 0 bridgehead atoms. The number of nitrogens with zero attached hydrogens (tertiary/aromatic N) is 1. The Hall–Kier alpha value is -2.02. The summed E-state index contributed by atoms with van der Waals surface area (Å²) in [5, 5.41) is 8.05. The highest BCUT2D eigenvalue weighted by atomic mass is 32.1. The smallest absolute Gasteiger partial charge is 0.319 e. The molecular formula is C14H15F2N3OS. The number of carbonyl (C=O) groups excluding carboxylic acids is 1. The van der Waals surface area contributed by atoms with Crippen molar-refractivity contribution < 1.29 is 13.6 Å². The molecule has 2 amide bonds. The van der Waals surface area contributed by atoms with E-state index in [4.69, 9.17) is 0 Å². The number of aromatic nitrogens is 1. The molecule has 0 radical (unpaired) electrons. The molecule has 0 fully saturated rings.